The standard InChI is InChI=1S/C18H23NO3/c1-3-10-18(13-19)11-8-16(9-12-18)22-17(20)14-4-6-15(21-2)7-5-14/h4-7,16H,3,8-12H2,1-2H3/t16-,18-. The highest BCUT2D eigenvalue weighted by atomic mass is 16.5. The molecular formula is C18H23NO3. The van der Waals surface area contributed by atoms with E-state index in [1.54, 1.807) is 31.4 Å². The van der Waals surface area contributed by atoms with Crippen LogP contribution in [0.1, 0.15) is 55.8 Å². The van der Waals surface area contributed by atoms with Crippen LogP contribution in [0.5, 0.6) is 5.75 Å². The molecule has 0 spiro atoms. The Labute approximate surface area is 132 Å². The zero-order chi connectivity index (χ0) is 16.0. The average Bonchev–Trinajstić information content (AvgIpc) is 2.57. The quantitative estimate of drug-likeness (QED) is 0.768. The van der Waals surface area contributed by atoms with Crippen molar-refractivity contribution in [3.63, 3.8) is 0 Å². The second-order valence-electron chi connectivity index (χ2n) is 5.98. The number of carbonyl (C=O) groups is 1. The van der Waals surface area contributed by atoms with Gasteiger partial charge in [-0.3, -0.25) is 0 Å². The van der Waals surface area contributed by atoms with Gasteiger partial charge in [0, 0.05) is 0 Å². The molecule has 1 aliphatic rings. The van der Waals surface area contributed by atoms with Crippen molar-refractivity contribution in [3.8, 4) is 11.8 Å². The van der Waals surface area contributed by atoms with E-state index in [2.05, 4.69) is 13.0 Å². The highest BCUT2D eigenvalue weighted by Gasteiger charge is 2.36. The lowest BCUT2D eigenvalue weighted by Gasteiger charge is -2.34. The van der Waals surface area contributed by atoms with Gasteiger partial charge in [0.15, 0.2) is 0 Å². The van der Waals surface area contributed by atoms with Gasteiger partial charge in [0.25, 0.3) is 0 Å². The van der Waals surface area contributed by atoms with E-state index in [0.29, 0.717) is 11.3 Å². The van der Waals surface area contributed by atoms with Crippen LogP contribution < -0.4 is 4.74 Å². The fraction of sp³-hybridized carbons (Fsp3) is 0.556. The van der Waals surface area contributed by atoms with E-state index in [0.717, 1.165) is 38.5 Å². The Kier molecular flexibility index (Phi) is 5.43. The van der Waals surface area contributed by atoms with Crippen molar-refractivity contribution in [2.45, 2.75) is 51.6 Å². The summed E-state index contributed by atoms with van der Waals surface area (Å²) in [4.78, 5) is 12.1. The van der Waals surface area contributed by atoms with Gasteiger partial charge in [-0.1, -0.05) is 13.3 Å². The van der Waals surface area contributed by atoms with Crippen LogP contribution in [-0.2, 0) is 4.74 Å². The number of ether oxygens (including phenoxy) is 2. The lowest BCUT2D eigenvalue weighted by atomic mass is 9.71. The molecule has 0 aliphatic heterocycles. The van der Waals surface area contributed by atoms with Gasteiger partial charge in [-0.05, 0) is 56.4 Å². The molecule has 1 aromatic rings. The molecule has 0 heterocycles. The van der Waals surface area contributed by atoms with Gasteiger partial charge < -0.3 is 9.47 Å². The van der Waals surface area contributed by atoms with Crippen molar-refractivity contribution >= 4 is 5.97 Å². The largest absolute Gasteiger partial charge is 0.497 e. The van der Waals surface area contributed by atoms with Crippen LogP contribution in [0.25, 0.3) is 0 Å². The number of nitriles is 1. The van der Waals surface area contributed by atoms with Crippen LogP contribution in [0.4, 0.5) is 0 Å². The zero-order valence-corrected chi connectivity index (χ0v) is 13.3. The van der Waals surface area contributed by atoms with Gasteiger partial charge in [0.1, 0.15) is 11.9 Å². The summed E-state index contributed by atoms with van der Waals surface area (Å²) in [6.07, 6.45) is 5.06. The molecule has 0 N–H and O–H groups in total. The molecule has 4 nitrogen and oxygen atoms in total. The van der Waals surface area contributed by atoms with Crippen LogP contribution in [0, 0.1) is 16.7 Å². The van der Waals surface area contributed by atoms with E-state index in [1.807, 2.05) is 0 Å². The molecular weight excluding hydrogens is 278 g/mol. The zero-order valence-electron chi connectivity index (χ0n) is 13.3. The topological polar surface area (TPSA) is 59.3 Å². The molecule has 0 unspecified atom stereocenters. The third-order valence-electron chi connectivity index (χ3n) is 4.45. The number of esters is 1. The second kappa shape index (κ2) is 7.31. The van der Waals surface area contributed by atoms with Gasteiger partial charge in [-0.15, -0.1) is 0 Å². The Morgan fingerprint density at radius 1 is 1.32 bits per heavy atom. The molecule has 22 heavy (non-hydrogen) atoms. The molecule has 1 fully saturated rings. The van der Waals surface area contributed by atoms with E-state index < -0.39 is 0 Å². The first-order valence-electron chi connectivity index (χ1n) is 7.89. The van der Waals surface area contributed by atoms with Gasteiger partial charge in [-0.25, -0.2) is 4.79 Å². The third kappa shape index (κ3) is 3.79. The first-order chi connectivity index (χ1) is 10.6. The van der Waals surface area contributed by atoms with Crippen LogP contribution in [0.2, 0.25) is 0 Å². The molecule has 4 heteroatoms. The van der Waals surface area contributed by atoms with Crippen molar-refractivity contribution in [2.75, 3.05) is 7.11 Å². The van der Waals surface area contributed by atoms with E-state index >= 15 is 0 Å². The lowest BCUT2D eigenvalue weighted by molar-refractivity contribution is 0.0106. The van der Waals surface area contributed by atoms with Crippen LogP contribution in [-0.4, -0.2) is 19.2 Å². The van der Waals surface area contributed by atoms with E-state index in [9.17, 15) is 10.1 Å². The Hall–Kier alpha value is -2.02. The molecule has 118 valence electrons. The predicted molar refractivity (Wildman–Crippen MR) is 83.6 cm³/mol. The summed E-state index contributed by atoms with van der Waals surface area (Å²) in [5.41, 5.74) is 0.323. The minimum Gasteiger partial charge on any atom is -0.497 e. The first-order valence-corrected chi connectivity index (χ1v) is 7.89. The van der Waals surface area contributed by atoms with Gasteiger partial charge >= 0.3 is 5.97 Å². The number of benzene rings is 1. The Bertz CT molecular complexity index is 536. The SMILES string of the molecule is CCC[C@]1(C#N)CC[C@H](OC(=O)c2ccc(OC)cc2)CC1. The molecule has 0 amide bonds. The predicted octanol–water partition coefficient (Wildman–Crippen LogP) is 4.10. The van der Waals surface area contributed by atoms with Crippen LogP contribution in [0.15, 0.2) is 24.3 Å². The third-order valence-corrected chi connectivity index (χ3v) is 4.45. The molecule has 0 bridgehead atoms. The maximum Gasteiger partial charge on any atom is 0.338 e. The number of carbonyl (C=O) groups excluding carboxylic acids is 1. The molecule has 0 atom stereocenters. The lowest BCUT2D eigenvalue weighted by Crippen LogP contribution is -2.31. The maximum atomic E-state index is 12.1. The summed E-state index contributed by atoms with van der Waals surface area (Å²) in [6.45, 7) is 2.11. The molecule has 0 radical (unpaired) electrons. The van der Waals surface area contributed by atoms with Crippen molar-refractivity contribution in [3.05, 3.63) is 29.8 Å². The fourth-order valence-electron chi connectivity index (χ4n) is 3.10. The smallest absolute Gasteiger partial charge is 0.338 e. The van der Waals surface area contributed by atoms with Crippen LogP contribution in [0.3, 0.4) is 0 Å². The molecule has 0 saturated heterocycles. The Balaban J connectivity index is 1.90. The minimum absolute atomic E-state index is 0.0760. The van der Waals surface area contributed by atoms with Crippen molar-refractivity contribution in [1.29, 1.82) is 5.26 Å². The molecule has 2 rings (SSSR count). The molecule has 1 aromatic carbocycles. The normalized spacial score (nSPS) is 24.3. The first kappa shape index (κ1) is 16.4. The highest BCUT2D eigenvalue weighted by Crippen LogP contribution is 2.40. The van der Waals surface area contributed by atoms with Gasteiger partial charge in [0.2, 0.25) is 0 Å². The molecule has 1 saturated carbocycles. The molecule has 0 aromatic heterocycles. The number of nitrogens with zero attached hydrogens (tertiary/aromatic N) is 1. The average molecular weight is 301 g/mol. The van der Waals surface area contributed by atoms with Crippen molar-refractivity contribution in [2.24, 2.45) is 5.41 Å². The number of hydrogen-bond acceptors (Lipinski definition) is 4. The Morgan fingerprint density at radius 2 is 1.95 bits per heavy atom. The van der Waals surface area contributed by atoms with E-state index in [1.165, 1.54) is 0 Å². The monoisotopic (exact) mass is 301 g/mol. The minimum atomic E-state index is -0.299. The molecule has 1 aliphatic carbocycles. The van der Waals surface area contributed by atoms with Gasteiger partial charge in [0.05, 0.1) is 24.2 Å². The second-order valence-corrected chi connectivity index (χ2v) is 5.98. The van der Waals surface area contributed by atoms with Crippen molar-refractivity contribution in [1.82, 2.24) is 0 Å². The summed E-state index contributed by atoms with van der Waals surface area (Å²) < 4.78 is 10.7. The summed E-state index contributed by atoms with van der Waals surface area (Å²) in [7, 11) is 1.59. The summed E-state index contributed by atoms with van der Waals surface area (Å²) in [6, 6.07) is 9.40. The summed E-state index contributed by atoms with van der Waals surface area (Å²) >= 11 is 0. The fourth-order valence-corrected chi connectivity index (χ4v) is 3.10. The summed E-state index contributed by atoms with van der Waals surface area (Å²) in [5.74, 6) is 0.417. The number of hydrogen-bond donors (Lipinski definition) is 0. The number of methoxy groups -OCH3 is 1. The number of rotatable bonds is 5. The maximum absolute atomic E-state index is 12.1. The Morgan fingerprint density at radius 3 is 2.45 bits per heavy atom. The van der Waals surface area contributed by atoms with E-state index in [4.69, 9.17) is 9.47 Å². The van der Waals surface area contributed by atoms with E-state index in [-0.39, 0.29) is 17.5 Å². The van der Waals surface area contributed by atoms with Crippen molar-refractivity contribution < 1.29 is 14.3 Å². The highest BCUT2D eigenvalue weighted by molar-refractivity contribution is 5.89. The van der Waals surface area contributed by atoms with Gasteiger partial charge in [-0.2, -0.15) is 5.26 Å². The summed E-state index contributed by atoms with van der Waals surface area (Å²) in [5, 5.41) is 9.40. The van der Waals surface area contributed by atoms with Crippen LogP contribution >= 0.6 is 0 Å².